The third kappa shape index (κ3) is 2.69. The Morgan fingerprint density at radius 1 is 1.29 bits per heavy atom. The number of aromatic nitrogens is 1. The molecule has 0 saturated heterocycles. The molecule has 4 heteroatoms. The number of benzene rings is 1. The minimum atomic E-state index is -0.0685. The molecule has 88 valence electrons. The average Bonchev–Trinajstić information content (AvgIpc) is 2.80. The van der Waals surface area contributed by atoms with Gasteiger partial charge in [0.15, 0.2) is 0 Å². The van der Waals surface area contributed by atoms with Gasteiger partial charge in [0.05, 0.1) is 5.69 Å². The van der Waals surface area contributed by atoms with E-state index in [1.165, 1.54) is 0 Å². The van der Waals surface area contributed by atoms with Gasteiger partial charge in [-0.3, -0.25) is 4.79 Å². The summed E-state index contributed by atoms with van der Waals surface area (Å²) < 4.78 is 2.96. The van der Waals surface area contributed by atoms with Crippen LogP contribution in [-0.2, 0) is 6.54 Å². The first-order chi connectivity index (χ1) is 8.22. The van der Waals surface area contributed by atoms with Crippen molar-refractivity contribution < 1.29 is 4.79 Å². The van der Waals surface area contributed by atoms with Crippen LogP contribution in [-0.4, -0.2) is 10.5 Å². The number of carbonyl (C=O) groups excluding carboxylic acids is 1. The van der Waals surface area contributed by atoms with Crippen LogP contribution in [0.25, 0.3) is 0 Å². The van der Waals surface area contributed by atoms with Gasteiger partial charge in [-0.15, -0.1) is 0 Å². The van der Waals surface area contributed by atoms with Crippen LogP contribution in [0.1, 0.15) is 17.4 Å². The SMILES string of the molecule is CCn1cccc1C(=O)Nc1ccccc1I. The van der Waals surface area contributed by atoms with Gasteiger partial charge >= 0.3 is 0 Å². The highest BCUT2D eigenvalue weighted by atomic mass is 127. The topological polar surface area (TPSA) is 34.0 Å². The molecule has 2 rings (SSSR count). The van der Waals surface area contributed by atoms with Crippen LogP contribution in [0.4, 0.5) is 5.69 Å². The highest BCUT2D eigenvalue weighted by Gasteiger charge is 2.10. The molecule has 0 unspecified atom stereocenters. The minimum absolute atomic E-state index is 0.0685. The Kier molecular flexibility index (Phi) is 3.83. The van der Waals surface area contributed by atoms with Crippen LogP contribution >= 0.6 is 22.6 Å². The molecule has 0 saturated carbocycles. The van der Waals surface area contributed by atoms with Crippen LogP contribution in [0.2, 0.25) is 0 Å². The maximum atomic E-state index is 12.1. The van der Waals surface area contributed by atoms with Gasteiger partial charge in [-0.05, 0) is 53.8 Å². The third-order valence-corrected chi connectivity index (χ3v) is 3.47. The van der Waals surface area contributed by atoms with E-state index >= 15 is 0 Å². The highest BCUT2D eigenvalue weighted by molar-refractivity contribution is 14.1. The van der Waals surface area contributed by atoms with E-state index in [0.29, 0.717) is 5.69 Å². The van der Waals surface area contributed by atoms with Crippen LogP contribution < -0.4 is 5.32 Å². The summed E-state index contributed by atoms with van der Waals surface area (Å²) >= 11 is 2.21. The number of amides is 1. The lowest BCUT2D eigenvalue weighted by Crippen LogP contribution is -2.16. The molecular weight excluding hydrogens is 327 g/mol. The van der Waals surface area contributed by atoms with Gasteiger partial charge in [-0.1, -0.05) is 12.1 Å². The fourth-order valence-corrected chi connectivity index (χ4v) is 2.17. The third-order valence-electron chi connectivity index (χ3n) is 2.52. The first-order valence-corrected chi connectivity index (χ1v) is 6.51. The van der Waals surface area contributed by atoms with Crippen LogP contribution in [0.3, 0.4) is 0 Å². The summed E-state index contributed by atoms with van der Waals surface area (Å²) in [6.45, 7) is 2.81. The Morgan fingerprint density at radius 3 is 2.76 bits per heavy atom. The van der Waals surface area contributed by atoms with Gasteiger partial charge in [0.2, 0.25) is 0 Å². The van der Waals surface area contributed by atoms with E-state index in [1.54, 1.807) is 0 Å². The second-order valence-electron chi connectivity index (χ2n) is 3.61. The quantitative estimate of drug-likeness (QED) is 0.855. The van der Waals surface area contributed by atoms with Gasteiger partial charge in [0.1, 0.15) is 5.69 Å². The van der Waals surface area contributed by atoms with Crippen molar-refractivity contribution in [2.75, 3.05) is 5.32 Å². The second kappa shape index (κ2) is 5.35. The first kappa shape index (κ1) is 12.2. The molecule has 1 amide bonds. The van der Waals surface area contributed by atoms with Gasteiger partial charge in [-0.2, -0.15) is 0 Å². The monoisotopic (exact) mass is 340 g/mol. The van der Waals surface area contributed by atoms with E-state index in [1.807, 2.05) is 54.1 Å². The second-order valence-corrected chi connectivity index (χ2v) is 4.78. The molecule has 0 radical (unpaired) electrons. The number of para-hydroxylation sites is 1. The zero-order valence-electron chi connectivity index (χ0n) is 9.48. The van der Waals surface area contributed by atoms with Gasteiger partial charge in [-0.25, -0.2) is 0 Å². The Balaban J connectivity index is 2.20. The van der Waals surface area contributed by atoms with Crippen molar-refractivity contribution in [1.29, 1.82) is 0 Å². The number of carbonyl (C=O) groups is 1. The lowest BCUT2D eigenvalue weighted by molar-refractivity contribution is 0.101. The highest BCUT2D eigenvalue weighted by Crippen LogP contribution is 2.18. The number of anilines is 1. The smallest absolute Gasteiger partial charge is 0.272 e. The van der Waals surface area contributed by atoms with Crippen molar-refractivity contribution in [1.82, 2.24) is 4.57 Å². The molecule has 3 nitrogen and oxygen atoms in total. The Labute approximate surface area is 114 Å². The summed E-state index contributed by atoms with van der Waals surface area (Å²) in [5.74, 6) is -0.0685. The first-order valence-electron chi connectivity index (χ1n) is 5.43. The van der Waals surface area contributed by atoms with Crippen LogP contribution in [0.15, 0.2) is 42.6 Å². The molecule has 1 N–H and O–H groups in total. The molecule has 17 heavy (non-hydrogen) atoms. The summed E-state index contributed by atoms with van der Waals surface area (Å²) in [6.07, 6.45) is 1.91. The zero-order chi connectivity index (χ0) is 12.3. The Bertz CT molecular complexity index is 534. The molecule has 0 aliphatic carbocycles. The largest absolute Gasteiger partial charge is 0.344 e. The fraction of sp³-hybridized carbons (Fsp3) is 0.154. The summed E-state index contributed by atoms with van der Waals surface area (Å²) in [5.41, 5.74) is 1.54. The lowest BCUT2D eigenvalue weighted by Gasteiger charge is -2.09. The minimum Gasteiger partial charge on any atom is -0.344 e. The van der Waals surface area contributed by atoms with Gasteiger partial charge in [0, 0.05) is 16.3 Å². The summed E-state index contributed by atoms with van der Waals surface area (Å²) in [6, 6.07) is 11.4. The molecule has 0 bridgehead atoms. The van der Waals surface area contributed by atoms with Crippen molar-refractivity contribution >= 4 is 34.2 Å². The number of nitrogens with one attached hydrogen (secondary N) is 1. The molecule has 0 atom stereocenters. The molecule has 1 heterocycles. The molecule has 2 aromatic rings. The van der Waals surface area contributed by atoms with E-state index < -0.39 is 0 Å². The molecular formula is C13H13IN2O. The summed E-state index contributed by atoms with van der Waals surface area (Å²) in [5, 5.41) is 2.92. The van der Waals surface area contributed by atoms with Crippen LogP contribution in [0, 0.1) is 3.57 Å². The van der Waals surface area contributed by atoms with Crippen molar-refractivity contribution in [2.24, 2.45) is 0 Å². The summed E-state index contributed by atoms with van der Waals surface area (Å²) in [4.78, 5) is 12.1. The normalized spacial score (nSPS) is 10.2. The fourth-order valence-electron chi connectivity index (χ4n) is 1.64. The number of hydrogen-bond donors (Lipinski definition) is 1. The zero-order valence-corrected chi connectivity index (χ0v) is 11.6. The molecule has 0 fully saturated rings. The maximum absolute atomic E-state index is 12.1. The lowest BCUT2D eigenvalue weighted by atomic mass is 10.3. The molecule has 1 aromatic carbocycles. The average molecular weight is 340 g/mol. The molecule has 0 aliphatic heterocycles. The number of hydrogen-bond acceptors (Lipinski definition) is 1. The number of halogens is 1. The predicted octanol–water partition coefficient (Wildman–Crippen LogP) is 3.36. The van der Waals surface area contributed by atoms with E-state index in [-0.39, 0.29) is 5.91 Å². The van der Waals surface area contributed by atoms with Gasteiger partial charge in [0.25, 0.3) is 5.91 Å². The molecule has 0 spiro atoms. The van der Waals surface area contributed by atoms with Crippen molar-refractivity contribution in [3.8, 4) is 0 Å². The van der Waals surface area contributed by atoms with E-state index in [2.05, 4.69) is 27.9 Å². The Morgan fingerprint density at radius 2 is 2.06 bits per heavy atom. The molecule has 1 aromatic heterocycles. The van der Waals surface area contributed by atoms with Crippen molar-refractivity contribution in [3.05, 3.63) is 51.9 Å². The van der Waals surface area contributed by atoms with Crippen molar-refractivity contribution in [3.63, 3.8) is 0 Å². The maximum Gasteiger partial charge on any atom is 0.272 e. The molecule has 0 aliphatic rings. The van der Waals surface area contributed by atoms with Crippen LogP contribution in [0.5, 0.6) is 0 Å². The Hall–Kier alpha value is -1.30. The number of nitrogens with zero attached hydrogens (tertiary/aromatic N) is 1. The van der Waals surface area contributed by atoms with E-state index in [4.69, 9.17) is 0 Å². The number of rotatable bonds is 3. The van der Waals surface area contributed by atoms with E-state index in [0.717, 1.165) is 15.8 Å². The summed E-state index contributed by atoms with van der Waals surface area (Å²) in [7, 11) is 0. The van der Waals surface area contributed by atoms with Gasteiger partial charge < -0.3 is 9.88 Å². The predicted molar refractivity (Wildman–Crippen MR) is 77.2 cm³/mol. The number of aryl methyl sites for hydroxylation is 1. The van der Waals surface area contributed by atoms with Crippen molar-refractivity contribution in [2.45, 2.75) is 13.5 Å². The standard InChI is InChI=1S/C13H13IN2O/c1-2-16-9-5-8-12(16)13(17)15-11-7-4-3-6-10(11)14/h3-9H,2H2,1H3,(H,15,17). The van der Waals surface area contributed by atoms with E-state index in [9.17, 15) is 4.79 Å².